The van der Waals surface area contributed by atoms with Crippen LogP contribution in [0.25, 0.3) is 22.0 Å². The Labute approximate surface area is 153 Å². The molecule has 0 radical (unpaired) electrons. The lowest BCUT2D eigenvalue weighted by Crippen LogP contribution is -2.11. The van der Waals surface area contributed by atoms with E-state index in [2.05, 4.69) is 36.5 Å². The van der Waals surface area contributed by atoms with E-state index in [1.54, 1.807) is 0 Å². The number of hydrogen-bond acceptors (Lipinski definition) is 2. The van der Waals surface area contributed by atoms with Crippen molar-refractivity contribution in [2.45, 2.75) is 38.5 Å². The maximum atomic E-state index is 12.1. The Bertz CT molecular complexity index is 1030. The van der Waals surface area contributed by atoms with Crippen molar-refractivity contribution in [3.8, 4) is 11.1 Å². The summed E-state index contributed by atoms with van der Waals surface area (Å²) < 4.78 is 2.00. The Hall–Kier alpha value is -2.62. The van der Waals surface area contributed by atoms with Crippen LogP contribution < -0.4 is 5.32 Å². The van der Waals surface area contributed by atoms with E-state index in [0.717, 1.165) is 12.1 Å². The average molecular weight is 345 g/mol. The number of carbonyl (C=O) groups excluding carboxylic acids is 1. The van der Waals surface area contributed by atoms with Crippen LogP contribution in [0.15, 0.2) is 36.4 Å². The number of rotatable bonds is 2. The van der Waals surface area contributed by atoms with Gasteiger partial charge in [-0.05, 0) is 60.1 Å². The quantitative estimate of drug-likeness (QED) is 0.735. The summed E-state index contributed by atoms with van der Waals surface area (Å²) in [5.41, 5.74) is 7.09. The molecule has 26 heavy (non-hydrogen) atoms. The molecule has 1 aliphatic heterocycles. The van der Waals surface area contributed by atoms with E-state index in [9.17, 15) is 4.79 Å². The molecule has 4 heteroatoms. The molecule has 1 aromatic heterocycles. The van der Waals surface area contributed by atoms with E-state index < -0.39 is 0 Å². The van der Waals surface area contributed by atoms with Crippen LogP contribution in [-0.4, -0.2) is 15.7 Å². The topological polar surface area (TPSA) is 46.9 Å². The molecule has 1 atom stereocenters. The molecule has 3 aromatic rings. The number of hydrogen-bond donors (Lipinski definition) is 1. The van der Waals surface area contributed by atoms with Crippen LogP contribution in [0.4, 0.5) is 5.69 Å². The molecule has 2 aliphatic rings. The molecule has 1 N–H and O–H groups in total. The Kier molecular flexibility index (Phi) is 3.42. The van der Waals surface area contributed by atoms with Crippen LogP contribution >= 0.6 is 0 Å². The van der Waals surface area contributed by atoms with Gasteiger partial charge in [0.1, 0.15) is 0 Å². The van der Waals surface area contributed by atoms with Gasteiger partial charge < -0.3 is 5.32 Å². The van der Waals surface area contributed by atoms with Gasteiger partial charge in [-0.25, -0.2) is 0 Å². The summed E-state index contributed by atoms with van der Waals surface area (Å²) in [7, 11) is 2.03. The van der Waals surface area contributed by atoms with Gasteiger partial charge in [-0.1, -0.05) is 25.1 Å². The largest absolute Gasteiger partial charge is 0.326 e. The van der Waals surface area contributed by atoms with Crippen molar-refractivity contribution in [3.63, 3.8) is 0 Å². The Morgan fingerprint density at radius 3 is 2.81 bits per heavy atom. The highest BCUT2D eigenvalue weighted by Gasteiger charge is 2.29. The van der Waals surface area contributed by atoms with Crippen molar-refractivity contribution in [2.24, 2.45) is 13.0 Å². The number of carbonyl (C=O) groups is 1. The number of anilines is 1. The van der Waals surface area contributed by atoms with Crippen LogP contribution in [0.1, 0.15) is 43.4 Å². The summed E-state index contributed by atoms with van der Waals surface area (Å²) in [4.78, 5) is 12.1. The summed E-state index contributed by atoms with van der Waals surface area (Å²) in [6.45, 7) is 2.15. The zero-order valence-corrected chi connectivity index (χ0v) is 15.2. The van der Waals surface area contributed by atoms with E-state index in [1.165, 1.54) is 46.1 Å². The predicted octanol–water partition coefficient (Wildman–Crippen LogP) is 4.64. The molecule has 0 saturated heterocycles. The molecule has 1 amide bonds. The van der Waals surface area contributed by atoms with E-state index in [4.69, 9.17) is 5.10 Å². The molecule has 4 nitrogen and oxygen atoms in total. The highest BCUT2D eigenvalue weighted by Crippen LogP contribution is 2.43. The van der Waals surface area contributed by atoms with Gasteiger partial charge in [0.2, 0.25) is 5.91 Å². The van der Waals surface area contributed by atoms with Gasteiger partial charge in [0.25, 0.3) is 0 Å². The van der Waals surface area contributed by atoms with Gasteiger partial charge in [0.05, 0.1) is 11.2 Å². The fourth-order valence-electron chi connectivity index (χ4n) is 4.25. The molecule has 0 unspecified atom stereocenters. The van der Waals surface area contributed by atoms with Crippen molar-refractivity contribution >= 4 is 22.5 Å². The number of aryl methyl sites for hydroxylation is 1. The first-order valence-electron chi connectivity index (χ1n) is 9.49. The van der Waals surface area contributed by atoms with Crippen molar-refractivity contribution in [1.29, 1.82) is 0 Å². The second-order valence-electron chi connectivity index (χ2n) is 7.91. The first-order chi connectivity index (χ1) is 12.6. The molecule has 1 aliphatic carbocycles. The minimum Gasteiger partial charge on any atom is -0.326 e. The summed E-state index contributed by atoms with van der Waals surface area (Å²) in [5, 5.41) is 9.13. The van der Waals surface area contributed by atoms with E-state index in [1.807, 2.05) is 23.9 Å². The highest BCUT2D eigenvalue weighted by molar-refractivity contribution is 5.95. The molecule has 5 rings (SSSR count). The maximum absolute atomic E-state index is 12.1. The first-order valence-corrected chi connectivity index (χ1v) is 9.49. The third-order valence-corrected chi connectivity index (χ3v) is 5.69. The second kappa shape index (κ2) is 5.70. The molecular weight excluding hydrogens is 322 g/mol. The van der Waals surface area contributed by atoms with Crippen LogP contribution in [0, 0.1) is 5.92 Å². The molecular formula is C22H23N3O. The third kappa shape index (κ3) is 2.52. The van der Waals surface area contributed by atoms with Crippen LogP contribution in [0.5, 0.6) is 0 Å². The van der Waals surface area contributed by atoms with E-state index in [0.29, 0.717) is 18.3 Å². The lowest BCUT2D eigenvalue weighted by atomic mass is 9.91. The minimum absolute atomic E-state index is 0.118. The molecule has 0 bridgehead atoms. The lowest BCUT2D eigenvalue weighted by molar-refractivity contribution is -0.116. The Balaban J connectivity index is 1.68. The van der Waals surface area contributed by atoms with Crippen LogP contribution in [0.2, 0.25) is 0 Å². The SMILES string of the molecule is C[C@@H]1CC(=O)Nc2cccc(-c3ccc4c(c3)c(C3CC3)nn4C)c2C1. The van der Waals surface area contributed by atoms with Gasteiger partial charge in [-0.15, -0.1) is 0 Å². The van der Waals surface area contributed by atoms with Gasteiger partial charge in [0.15, 0.2) is 0 Å². The monoisotopic (exact) mass is 345 g/mol. The van der Waals surface area contributed by atoms with Crippen molar-refractivity contribution in [1.82, 2.24) is 9.78 Å². The Morgan fingerprint density at radius 1 is 1.15 bits per heavy atom. The molecule has 1 saturated carbocycles. The minimum atomic E-state index is 0.118. The van der Waals surface area contributed by atoms with Crippen LogP contribution in [-0.2, 0) is 18.3 Å². The number of nitrogens with zero attached hydrogens (tertiary/aromatic N) is 2. The van der Waals surface area contributed by atoms with E-state index in [-0.39, 0.29) is 5.91 Å². The van der Waals surface area contributed by atoms with Crippen molar-refractivity contribution in [3.05, 3.63) is 47.7 Å². The molecule has 1 fully saturated rings. The Morgan fingerprint density at radius 2 is 2.00 bits per heavy atom. The number of fused-ring (bicyclic) bond motifs is 2. The van der Waals surface area contributed by atoms with Crippen molar-refractivity contribution < 1.29 is 4.79 Å². The van der Waals surface area contributed by atoms with Gasteiger partial charge in [0, 0.05) is 30.5 Å². The second-order valence-corrected chi connectivity index (χ2v) is 7.91. The summed E-state index contributed by atoms with van der Waals surface area (Å²) in [6, 6.07) is 12.9. The predicted molar refractivity (Wildman–Crippen MR) is 104 cm³/mol. The molecule has 0 spiro atoms. The fourth-order valence-corrected chi connectivity index (χ4v) is 4.25. The summed E-state index contributed by atoms with van der Waals surface area (Å²) in [6.07, 6.45) is 4.01. The number of nitrogens with one attached hydrogen (secondary N) is 1. The number of amides is 1. The number of benzene rings is 2. The summed E-state index contributed by atoms with van der Waals surface area (Å²) >= 11 is 0. The smallest absolute Gasteiger partial charge is 0.224 e. The van der Waals surface area contributed by atoms with Gasteiger partial charge >= 0.3 is 0 Å². The third-order valence-electron chi connectivity index (χ3n) is 5.69. The summed E-state index contributed by atoms with van der Waals surface area (Å²) in [5.74, 6) is 1.09. The van der Waals surface area contributed by atoms with Gasteiger partial charge in [-0.3, -0.25) is 9.48 Å². The molecule has 2 heterocycles. The fraction of sp³-hybridized carbons (Fsp3) is 0.364. The first kappa shape index (κ1) is 15.6. The van der Waals surface area contributed by atoms with E-state index >= 15 is 0 Å². The number of aromatic nitrogens is 2. The molecule has 132 valence electrons. The average Bonchev–Trinajstić information content (AvgIpc) is 3.41. The zero-order valence-electron chi connectivity index (χ0n) is 15.2. The lowest BCUT2D eigenvalue weighted by Gasteiger charge is -2.14. The maximum Gasteiger partial charge on any atom is 0.224 e. The normalized spacial score (nSPS) is 19.9. The van der Waals surface area contributed by atoms with Crippen LogP contribution in [0.3, 0.4) is 0 Å². The highest BCUT2D eigenvalue weighted by atomic mass is 16.1. The molecule has 2 aromatic carbocycles. The van der Waals surface area contributed by atoms with Crippen molar-refractivity contribution in [2.75, 3.05) is 5.32 Å². The standard InChI is InChI=1S/C22H23N3O/c1-13-10-17-16(4-3-5-19(17)23-21(26)11-13)15-8-9-20-18(12-15)22(14-6-7-14)24-25(20)2/h3-5,8-9,12-14H,6-7,10-11H2,1-2H3,(H,23,26)/t13-/m0/s1. The van der Waals surface area contributed by atoms with Gasteiger partial charge in [-0.2, -0.15) is 5.10 Å². The zero-order chi connectivity index (χ0) is 17.8.